The molecule has 0 amide bonds. The second kappa shape index (κ2) is 10.3. The van der Waals surface area contributed by atoms with Gasteiger partial charge in [0.25, 0.3) is 0 Å². The van der Waals surface area contributed by atoms with Crippen molar-refractivity contribution in [2.24, 2.45) is 5.92 Å². The van der Waals surface area contributed by atoms with Crippen LogP contribution in [0.2, 0.25) is 0 Å². The van der Waals surface area contributed by atoms with Gasteiger partial charge in [-0.25, -0.2) is 9.97 Å². The molecule has 6 nitrogen and oxygen atoms in total. The number of benzene rings is 6. The van der Waals surface area contributed by atoms with E-state index in [1.54, 1.807) is 0 Å². The van der Waals surface area contributed by atoms with Gasteiger partial charge in [0.15, 0.2) is 11.6 Å². The minimum absolute atomic E-state index is 0.0148. The van der Waals surface area contributed by atoms with Crippen LogP contribution in [0.1, 0.15) is 17.0 Å². The lowest BCUT2D eigenvalue weighted by molar-refractivity contribution is 0.328. The molecule has 6 heteroatoms. The normalized spacial score (nSPS) is 21.1. The van der Waals surface area contributed by atoms with Crippen molar-refractivity contribution in [1.82, 2.24) is 9.97 Å². The van der Waals surface area contributed by atoms with E-state index >= 15 is 0 Å². The number of anilines is 8. The first-order valence-corrected chi connectivity index (χ1v) is 17.3. The molecule has 5 heterocycles. The Hall–Kier alpha value is -6.40. The fourth-order valence-electron chi connectivity index (χ4n) is 9.12. The van der Waals surface area contributed by atoms with E-state index in [9.17, 15) is 0 Å². The number of rotatable bonds is 2. The molecule has 0 bridgehead atoms. The van der Waals surface area contributed by atoms with Gasteiger partial charge in [0.1, 0.15) is 12.3 Å². The molecule has 0 saturated carbocycles. The number of hydrogen-bond donors (Lipinski definition) is 0. The van der Waals surface area contributed by atoms with Crippen molar-refractivity contribution < 1.29 is 0 Å². The monoisotopic (exact) mass is 644 g/mol. The molecule has 0 fully saturated rings. The minimum Gasteiger partial charge on any atom is -0.318 e. The van der Waals surface area contributed by atoms with Crippen LogP contribution in [0.5, 0.6) is 0 Å². The summed E-state index contributed by atoms with van der Waals surface area (Å²) in [5, 5.41) is 0. The van der Waals surface area contributed by atoms with Crippen molar-refractivity contribution in [2.45, 2.75) is 18.2 Å². The zero-order valence-corrected chi connectivity index (χ0v) is 27.2. The van der Waals surface area contributed by atoms with Crippen LogP contribution in [0.15, 0.2) is 164 Å². The van der Waals surface area contributed by atoms with E-state index in [0.29, 0.717) is 0 Å². The Morgan fingerprint density at radius 3 is 1.58 bits per heavy atom. The van der Waals surface area contributed by atoms with Crippen LogP contribution in [-0.4, -0.2) is 22.3 Å². The molecule has 4 atom stereocenters. The summed E-state index contributed by atoms with van der Waals surface area (Å²) in [5.74, 6) is 1.70. The topological polar surface area (TPSA) is 38.7 Å². The second-order valence-electron chi connectivity index (χ2n) is 13.5. The first-order chi connectivity index (χ1) is 24.8. The summed E-state index contributed by atoms with van der Waals surface area (Å²) in [4.78, 5) is 20.9. The van der Waals surface area contributed by atoms with Gasteiger partial charge in [-0.05, 0) is 71.8 Å². The summed E-state index contributed by atoms with van der Waals surface area (Å²) in [7, 11) is 0. The molecule has 0 aliphatic carbocycles. The van der Waals surface area contributed by atoms with Gasteiger partial charge < -0.3 is 19.6 Å². The average molecular weight is 645 g/mol. The van der Waals surface area contributed by atoms with Crippen molar-refractivity contribution >= 4 is 62.4 Å². The van der Waals surface area contributed by atoms with Crippen LogP contribution in [0.3, 0.4) is 0 Å². The average Bonchev–Trinajstić information content (AvgIpc) is 3.66. The summed E-state index contributed by atoms with van der Waals surface area (Å²) in [6, 6.07) is 56.4. The molecule has 4 unspecified atom stereocenters. The van der Waals surface area contributed by atoms with E-state index in [-0.39, 0.29) is 24.2 Å². The maximum Gasteiger partial charge on any atom is 0.179 e. The van der Waals surface area contributed by atoms with Crippen LogP contribution in [0.4, 0.5) is 45.8 Å². The van der Waals surface area contributed by atoms with Crippen LogP contribution in [0, 0.1) is 5.92 Å². The number of hydrogen-bond acceptors (Lipinski definition) is 6. The maximum absolute atomic E-state index is 5.41. The highest BCUT2D eigenvalue weighted by atomic mass is 15.5. The third-order valence-corrected chi connectivity index (χ3v) is 11.0. The van der Waals surface area contributed by atoms with E-state index in [2.05, 4.69) is 165 Å². The van der Waals surface area contributed by atoms with E-state index in [0.717, 1.165) is 45.3 Å². The molecule has 238 valence electrons. The lowest BCUT2D eigenvalue weighted by Crippen LogP contribution is -2.59. The van der Waals surface area contributed by atoms with Gasteiger partial charge in [0.05, 0.1) is 28.1 Å². The summed E-state index contributed by atoms with van der Waals surface area (Å²) in [6.45, 7) is 4.97. The van der Waals surface area contributed by atoms with Gasteiger partial charge in [-0.15, -0.1) is 0 Å². The predicted molar refractivity (Wildman–Crippen MR) is 203 cm³/mol. The molecule has 0 saturated heterocycles. The van der Waals surface area contributed by atoms with E-state index < -0.39 is 0 Å². The Balaban J connectivity index is 1.27. The molecule has 11 rings (SSSR count). The maximum atomic E-state index is 5.41. The summed E-state index contributed by atoms with van der Waals surface area (Å²) >= 11 is 0. The van der Waals surface area contributed by atoms with Crippen molar-refractivity contribution in [2.75, 3.05) is 19.6 Å². The largest absolute Gasteiger partial charge is 0.318 e. The Kier molecular flexibility index (Phi) is 5.67. The van der Waals surface area contributed by atoms with Crippen molar-refractivity contribution in [1.29, 1.82) is 0 Å². The molecule has 4 aliphatic rings. The number of fused-ring (bicyclic) bond motifs is 15. The van der Waals surface area contributed by atoms with Gasteiger partial charge in [-0.2, -0.15) is 0 Å². The number of nitrogens with zero attached hydrogens (tertiary/aromatic N) is 6. The molecule has 0 spiro atoms. The smallest absolute Gasteiger partial charge is 0.179 e. The standard InChI is InChI=1S/C44H32N6/c1-28-31-20-8-12-24-35(31)49-38-27-15-14-26-37(38)47(29-16-4-2-5-17-29)43(49)40-39(28)32-21-9-13-25-36(32)50-42-41(45-33-22-10-11-23-34(33)46-42)48(44(40)50)30-18-6-3-7-19-30/h2-27,39-40,43-44H,1H2. The lowest BCUT2D eigenvalue weighted by Gasteiger charge is -2.50. The third kappa shape index (κ3) is 3.62. The van der Waals surface area contributed by atoms with E-state index in [1.165, 1.54) is 28.2 Å². The van der Waals surface area contributed by atoms with Gasteiger partial charge >= 0.3 is 0 Å². The zero-order valence-electron chi connectivity index (χ0n) is 27.2. The highest BCUT2D eigenvalue weighted by molar-refractivity contribution is 5.97. The van der Waals surface area contributed by atoms with Crippen molar-refractivity contribution in [3.8, 4) is 0 Å². The lowest BCUT2D eigenvalue weighted by atomic mass is 9.72. The summed E-state index contributed by atoms with van der Waals surface area (Å²) in [6.07, 6.45) is -0.292. The molecule has 6 aromatic carbocycles. The van der Waals surface area contributed by atoms with Crippen molar-refractivity contribution in [3.05, 3.63) is 175 Å². The van der Waals surface area contributed by atoms with Gasteiger partial charge in [-0.3, -0.25) is 0 Å². The van der Waals surface area contributed by atoms with Gasteiger partial charge in [0.2, 0.25) is 0 Å². The molecular formula is C44H32N6. The van der Waals surface area contributed by atoms with Crippen LogP contribution < -0.4 is 19.6 Å². The quantitative estimate of drug-likeness (QED) is 0.187. The number of para-hydroxylation sites is 8. The number of aromatic nitrogens is 2. The van der Waals surface area contributed by atoms with Crippen molar-refractivity contribution in [3.63, 3.8) is 0 Å². The van der Waals surface area contributed by atoms with E-state index in [4.69, 9.17) is 16.5 Å². The van der Waals surface area contributed by atoms with Gasteiger partial charge in [0, 0.05) is 34.5 Å². The second-order valence-corrected chi connectivity index (χ2v) is 13.5. The molecule has 0 N–H and O–H groups in total. The fraction of sp³-hybridized carbons (Fsp3) is 0.0909. The highest BCUT2D eigenvalue weighted by Crippen LogP contribution is 2.64. The van der Waals surface area contributed by atoms with Crippen LogP contribution >= 0.6 is 0 Å². The van der Waals surface area contributed by atoms with Crippen LogP contribution in [-0.2, 0) is 0 Å². The molecule has 7 aromatic rings. The van der Waals surface area contributed by atoms with E-state index in [1.807, 2.05) is 12.1 Å². The molecule has 50 heavy (non-hydrogen) atoms. The van der Waals surface area contributed by atoms with Crippen LogP contribution in [0.25, 0.3) is 16.6 Å². The Labute approximate surface area is 290 Å². The Morgan fingerprint density at radius 2 is 0.900 bits per heavy atom. The Morgan fingerprint density at radius 1 is 0.420 bits per heavy atom. The molecule has 0 radical (unpaired) electrons. The Bertz CT molecular complexity index is 2480. The fourth-order valence-corrected chi connectivity index (χ4v) is 9.12. The molecule has 1 aromatic heterocycles. The first kappa shape index (κ1) is 27.5. The van der Waals surface area contributed by atoms with Gasteiger partial charge in [-0.1, -0.05) is 104 Å². The molecular weight excluding hydrogens is 613 g/mol. The minimum atomic E-state index is -0.178. The third-order valence-electron chi connectivity index (χ3n) is 11.0. The SMILES string of the molecule is C=C1c2ccccc2N2c3ccccc3N(c3ccccc3)C2C2C1c1ccccc1N1c3nc4ccccc4nc3N(c3ccccc3)C21. The number of allylic oxidation sites excluding steroid dienone is 1. The predicted octanol–water partition coefficient (Wildman–Crippen LogP) is 10.3. The summed E-state index contributed by atoms with van der Waals surface area (Å²) < 4.78 is 0. The molecule has 4 aliphatic heterocycles. The summed E-state index contributed by atoms with van der Waals surface area (Å²) in [5.41, 5.74) is 12.3. The first-order valence-electron chi connectivity index (χ1n) is 17.3. The highest BCUT2D eigenvalue weighted by Gasteiger charge is 2.60. The zero-order chi connectivity index (χ0) is 32.9.